The lowest BCUT2D eigenvalue weighted by Gasteiger charge is -2.21. The van der Waals surface area contributed by atoms with Crippen LogP contribution < -0.4 is 5.32 Å². The molecule has 102 valence electrons. The van der Waals surface area contributed by atoms with Gasteiger partial charge in [-0.05, 0) is 44.0 Å². The van der Waals surface area contributed by atoms with E-state index in [9.17, 15) is 5.11 Å². The second kappa shape index (κ2) is 5.68. The van der Waals surface area contributed by atoms with Gasteiger partial charge in [0.25, 0.3) is 0 Å². The van der Waals surface area contributed by atoms with Crippen LogP contribution in [0.4, 0.5) is 0 Å². The van der Waals surface area contributed by atoms with Gasteiger partial charge < -0.3 is 10.4 Å². The minimum absolute atomic E-state index is 0.605. The van der Waals surface area contributed by atoms with Gasteiger partial charge in [-0.15, -0.1) is 0 Å². The molecule has 1 aromatic heterocycles. The molecule has 0 saturated carbocycles. The lowest BCUT2D eigenvalue weighted by Crippen LogP contribution is -2.36. The summed E-state index contributed by atoms with van der Waals surface area (Å²) in [5, 5.41) is 14.4. The maximum absolute atomic E-state index is 9.93. The number of nitrogens with zero attached hydrogens (tertiary/aromatic N) is 1. The van der Waals surface area contributed by atoms with Crippen molar-refractivity contribution in [2.45, 2.75) is 39.3 Å². The summed E-state index contributed by atoms with van der Waals surface area (Å²) in [5.41, 5.74) is 2.65. The highest BCUT2D eigenvalue weighted by Gasteiger charge is 2.16. The summed E-state index contributed by atoms with van der Waals surface area (Å²) >= 11 is 0. The molecule has 1 heterocycles. The number of nitrogens with one attached hydrogen (secondary N) is 1. The zero-order chi connectivity index (χ0) is 13.9. The summed E-state index contributed by atoms with van der Waals surface area (Å²) in [6.45, 7) is 7.22. The first-order valence-corrected chi connectivity index (χ1v) is 6.79. The van der Waals surface area contributed by atoms with Crippen LogP contribution in [0.5, 0.6) is 0 Å². The van der Waals surface area contributed by atoms with Crippen molar-refractivity contribution < 1.29 is 5.11 Å². The van der Waals surface area contributed by atoms with Crippen LogP contribution in [-0.4, -0.2) is 22.2 Å². The number of rotatable bonds is 5. The number of aliphatic hydroxyl groups is 1. The zero-order valence-corrected chi connectivity index (χ0v) is 11.9. The third kappa shape index (κ3) is 3.75. The van der Waals surface area contributed by atoms with E-state index in [1.54, 1.807) is 0 Å². The Morgan fingerprint density at radius 1 is 1.26 bits per heavy atom. The fraction of sp³-hybridized carbons (Fsp3) is 0.438. The van der Waals surface area contributed by atoms with Crippen LogP contribution in [0.15, 0.2) is 30.3 Å². The van der Waals surface area contributed by atoms with Crippen LogP contribution in [0.25, 0.3) is 10.9 Å². The highest BCUT2D eigenvalue weighted by atomic mass is 16.3. The summed E-state index contributed by atoms with van der Waals surface area (Å²) in [7, 11) is 0. The lowest BCUT2D eigenvalue weighted by atomic mass is 10.0. The molecule has 0 saturated heterocycles. The van der Waals surface area contributed by atoms with Crippen molar-refractivity contribution in [3.63, 3.8) is 0 Å². The topological polar surface area (TPSA) is 45.1 Å². The molecule has 0 spiro atoms. The molecule has 2 N–H and O–H groups in total. The van der Waals surface area contributed by atoms with Gasteiger partial charge in [-0.1, -0.05) is 19.1 Å². The molecule has 0 bridgehead atoms. The number of fused-ring (bicyclic) bond motifs is 1. The number of aryl methyl sites for hydroxylation is 1. The first-order chi connectivity index (χ1) is 9.00. The van der Waals surface area contributed by atoms with Gasteiger partial charge >= 0.3 is 0 Å². The van der Waals surface area contributed by atoms with Crippen LogP contribution >= 0.6 is 0 Å². The Bertz CT molecular complexity index is 564. The van der Waals surface area contributed by atoms with E-state index < -0.39 is 5.60 Å². The Kier molecular flexibility index (Phi) is 4.17. The number of hydrogen-bond donors (Lipinski definition) is 2. The molecule has 19 heavy (non-hydrogen) atoms. The predicted molar refractivity (Wildman–Crippen MR) is 79.1 cm³/mol. The standard InChI is InChI=1S/C16H22N2O/c1-4-16(3,19)11-17-10-13-6-8-15-14(9-13)7-5-12(2)18-15/h5-9,17,19H,4,10-11H2,1-3H3. The van der Waals surface area contributed by atoms with Crippen LogP contribution in [0.3, 0.4) is 0 Å². The lowest BCUT2D eigenvalue weighted by molar-refractivity contribution is 0.0556. The maximum atomic E-state index is 9.93. The van der Waals surface area contributed by atoms with Gasteiger partial charge in [0.15, 0.2) is 0 Å². The van der Waals surface area contributed by atoms with Gasteiger partial charge in [0, 0.05) is 24.2 Å². The van der Waals surface area contributed by atoms with Gasteiger partial charge in [0.1, 0.15) is 0 Å². The number of benzene rings is 1. The summed E-state index contributed by atoms with van der Waals surface area (Å²) in [4.78, 5) is 4.49. The highest BCUT2D eigenvalue weighted by Crippen LogP contribution is 2.15. The van der Waals surface area contributed by atoms with Crippen molar-refractivity contribution in [1.82, 2.24) is 10.3 Å². The molecule has 1 atom stereocenters. The Labute approximate surface area is 114 Å². The molecule has 0 aliphatic rings. The summed E-state index contributed by atoms with van der Waals surface area (Å²) in [5.74, 6) is 0. The van der Waals surface area contributed by atoms with Crippen molar-refractivity contribution in [1.29, 1.82) is 0 Å². The third-order valence-corrected chi connectivity index (χ3v) is 3.49. The SMILES string of the molecule is CCC(C)(O)CNCc1ccc2nc(C)ccc2c1. The normalized spacial score (nSPS) is 14.5. The largest absolute Gasteiger partial charge is 0.389 e. The molecule has 3 nitrogen and oxygen atoms in total. The van der Waals surface area contributed by atoms with Crippen LogP contribution in [0, 0.1) is 6.92 Å². The van der Waals surface area contributed by atoms with E-state index in [4.69, 9.17) is 0 Å². The molecule has 1 aromatic carbocycles. The minimum Gasteiger partial charge on any atom is -0.389 e. The second-order valence-electron chi connectivity index (χ2n) is 5.43. The van der Waals surface area contributed by atoms with E-state index in [-0.39, 0.29) is 0 Å². The molecule has 2 rings (SSSR count). The molecule has 0 fully saturated rings. The Morgan fingerprint density at radius 3 is 2.79 bits per heavy atom. The van der Waals surface area contributed by atoms with Gasteiger partial charge in [-0.3, -0.25) is 4.98 Å². The van der Waals surface area contributed by atoms with E-state index in [2.05, 4.69) is 34.6 Å². The Balaban J connectivity index is 2.04. The smallest absolute Gasteiger partial charge is 0.0741 e. The molecule has 0 aliphatic carbocycles. The summed E-state index contributed by atoms with van der Waals surface area (Å²) < 4.78 is 0. The minimum atomic E-state index is -0.629. The first kappa shape index (κ1) is 14.0. The van der Waals surface area contributed by atoms with Gasteiger partial charge in [-0.25, -0.2) is 0 Å². The van der Waals surface area contributed by atoms with Gasteiger partial charge in [0.05, 0.1) is 11.1 Å². The second-order valence-corrected chi connectivity index (χ2v) is 5.43. The average molecular weight is 258 g/mol. The average Bonchev–Trinajstić information content (AvgIpc) is 2.39. The molecular formula is C16H22N2O. The van der Waals surface area contributed by atoms with E-state index in [1.807, 2.05) is 26.8 Å². The molecule has 1 unspecified atom stereocenters. The predicted octanol–water partition coefficient (Wildman–Crippen LogP) is 2.79. The van der Waals surface area contributed by atoms with Crippen LogP contribution in [0.2, 0.25) is 0 Å². The molecule has 2 aromatic rings. The van der Waals surface area contributed by atoms with Crippen molar-refractivity contribution >= 4 is 10.9 Å². The molecule has 0 radical (unpaired) electrons. The van der Waals surface area contributed by atoms with E-state index in [1.165, 1.54) is 5.56 Å². The zero-order valence-electron chi connectivity index (χ0n) is 11.9. The fourth-order valence-electron chi connectivity index (χ4n) is 1.99. The maximum Gasteiger partial charge on any atom is 0.0741 e. The number of pyridine rings is 1. The van der Waals surface area contributed by atoms with Crippen LogP contribution in [-0.2, 0) is 6.54 Å². The third-order valence-electron chi connectivity index (χ3n) is 3.49. The Hall–Kier alpha value is -1.45. The van der Waals surface area contributed by atoms with Crippen molar-refractivity contribution in [2.75, 3.05) is 6.54 Å². The van der Waals surface area contributed by atoms with Crippen molar-refractivity contribution in [3.05, 3.63) is 41.6 Å². The quantitative estimate of drug-likeness (QED) is 0.867. The highest BCUT2D eigenvalue weighted by molar-refractivity contribution is 5.79. The molecular weight excluding hydrogens is 236 g/mol. The number of aromatic nitrogens is 1. The van der Waals surface area contributed by atoms with Crippen LogP contribution in [0.1, 0.15) is 31.5 Å². The van der Waals surface area contributed by atoms with Crippen molar-refractivity contribution in [3.8, 4) is 0 Å². The van der Waals surface area contributed by atoms with Gasteiger partial charge in [0.2, 0.25) is 0 Å². The summed E-state index contributed by atoms with van der Waals surface area (Å²) in [6, 6.07) is 10.4. The number of hydrogen-bond acceptors (Lipinski definition) is 3. The summed E-state index contributed by atoms with van der Waals surface area (Å²) in [6.07, 6.45) is 0.751. The molecule has 3 heteroatoms. The molecule has 0 aliphatic heterocycles. The van der Waals surface area contributed by atoms with E-state index in [0.717, 1.165) is 29.6 Å². The molecule has 0 amide bonds. The van der Waals surface area contributed by atoms with Crippen molar-refractivity contribution in [2.24, 2.45) is 0 Å². The fourth-order valence-corrected chi connectivity index (χ4v) is 1.99. The Morgan fingerprint density at radius 2 is 2.05 bits per heavy atom. The monoisotopic (exact) mass is 258 g/mol. The van der Waals surface area contributed by atoms with E-state index in [0.29, 0.717) is 6.54 Å². The first-order valence-electron chi connectivity index (χ1n) is 6.79. The van der Waals surface area contributed by atoms with E-state index >= 15 is 0 Å². The van der Waals surface area contributed by atoms with Gasteiger partial charge in [-0.2, -0.15) is 0 Å².